The summed E-state index contributed by atoms with van der Waals surface area (Å²) in [6.45, 7) is 3.14. The van der Waals surface area contributed by atoms with Gasteiger partial charge in [0.2, 0.25) is 0 Å². The predicted molar refractivity (Wildman–Crippen MR) is 70.9 cm³/mol. The van der Waals surface area contributed by atoms with Crippen molar-refractivity contribution >= 4 is 0 Å². The third-order valence-electron chi connectivity index (χ3n) is 2.99. The summed E-state index contributed by atoms with van der Waals surface area (Å²) < 4.78 is 2.05. The number of hydrogen-bond donors (Lipinski definition) is 1. The molecule has 0 aliphatic carbocycles. The molecule has 1 atom stereocenters. The Morgan fingerprint density at radius 3 is 2.65 bits per heavy atom. The molecule has 0 radical (unpaired) electrons. The van der Waals surface area contributed by atoms with E-state index in [1.165, 1.54) is 11.1 Å². The highest BCUT2D eigenvalue weighted by Gasteiger charge is 2.09. The van der Waals surface area contributed by atoms with Gasteiger partial charge in [0.25, 0.3) is 0 Å². The molecule has 1 aromatic heterocycles. The Morgan fingerprint density at radius 1 is 1.24 bits per heavy atom. The third-order valence-corrected chi connectivity index (χ3v) is 2.99. The van der Waals surface area contributed by atoms with Crippen molar-refractivity contribution in [2.24, 2.45) is 0 Å². The smallest absolute Gasteiger partial charge is 0.0641 e. The second-order valence-corrected chi connectivity index (χ2v) is 4.19. The standard InChI is InChI=1S/C14H19N3/c1-3-14(10-15-2)17-11-13(9-16-17)12-7-5-4-6-8-12/h4-9,11,14-15H,3,10H2,1-2H3. The summed E-state index contributed by atoms with van der Waals surface area (Å²) >= 11 is 0. The lowest BCUT2D eigenvalue weighted by atomic mass is 10.1. The van der Waals surface area contributed by atoms with E-state index in [2.05, 4.69) is 52.5 Å². The molecule has 0 fully saturated rings. The average molecular weight is 229 g/mol. The summed E-state index contributed by atoms with van der Waals surface area (Å²) in [5.74, 6) is 0. The van der Waals surface area contributed by atoms with E-state index in [0.29, 0.717) is 6.04 Å². The van der Waals surface area contributed by atoms with Gasteiger partial charge in [0.1, 0.15) is 0 Å². The summed E-state index contributed by atoms with van der Waals surface area (Å²) in [5.41, 5.74) is 2.40. The fourth-order valence-electron chi connectivity index (χ4n) is 1.98. The second kappa shape index (κ2) is 5.64. The zero-order chi connectivity index (χ0) is 12.1. The van der Waals surface area contributed by atoms with E-state index in [1.807, 2.05) is 19.3 Å². The Labute approximate surface area is 102 Å². The van der Waals surface area contributed by atoms with Crippen LogP contribution in [0.1, 0.15) is 19.4 Å². The molecule has 2 aromatic rings. The number of nitrogens with one attached hydrogen (secondary N) is 1. The van der Waals surface area contributed by atoms with Crippen LogP contribution in [-0.2, 0) is 0 Å². The maximum absolute atomic E-state index is 4.46. The Hall–Kier alpha value is -1.61. The topological polar surface area (TPSA) is 29.9 Å². The number of aromatic nitrogens is 2. The summed E-state index contributed by atoms with van der Waals surface area (Å²) in [5, 5.41) is 7.66. The van der Waals surface area contributed by atoms with Gasteiger partial charge in [-0.25, -0.2) is 0 Å². The van der Waals surface area contributed by atoms with E-state index in [9.17, 15) is 0 Å². The lowest BCUT2D eigenvalue weighted by Crippen LogP contribution is -2.22. The van der Waals surface area contributed by atoms with Crippen molar-refractivity contribution in [3.8, 4) is 11.1 Å². The van der Waals surface area contributed by atoms with Crippen LogP contribution in [0, 0.1) is 0 Å². The van der Waals surface area contributed by atoms with E-state index in [-0.39, 0.29) is 0 Å². The quantitative estimate of drug-likeness (QED) is 0.854. The highest BCUT2D eigenvalue weighted by Crippen LogP contribution is 2.20. The summed E-state index contributed by atoms with van der Waals surface area (Å²) in [4.78, 5) is 0. The van der Waals surface area contributed by atoms with Crippen molar-refractivity contribution in [1.29, 1.82) is 0 Å². The van der Waals surface area contributed by atoms with E-state index in [1.54, 1.807) is 0 Å². The van der Waals surface area contributed by atoms with Gasteiger partial charge < -0.3 is 5.32 Å². The Bertz CT molecular complexity index is 448. The van der Waals surface area contributed by atoms with Gasteiger partial charge in [-0.3, -0.25) is 4.68 Å². The number of nitrogens with zero attached hydrogens (tertiary/aromatic N) is 2. The van der Waals surface area contributed by atoms with Crippen LogP contribution in [-0.4, -0.2) is 23.4 Å². The lowest BCUT2D eigenvalue weighted by Gasteiger charge is -2.14. The highest BCUT2D eigenvalue weighted by molar-refractivity contribution is 5.61. The molecule has 3 heteroatoms. The minimum atomic E-state index is 0.428. The van der Waals surface area contributed by atoms with Crippen LogP contribution in [0.25, 0.3) is 11.1 Å². The predicted octanol–water partition coefficient (Wildman–Crippen LogP) is 2.72. The van der Waals surface area contributed by atoms with E-state index in [0.717, 1.165) is 13.0 Å². The van der Waals surface area contributed by atoms with Gasteiger partial charge >= 0.3 is 0 Å². The van der Waals surface area contributed by atoms with Gasteiger partial charge in [0.15, 0.2) is 0 Å². The Balaban J connectivity index is 2.21. The van der Waals surface area contributed by atoms with Gasteiger partial charge in [-0.05, 0) is 19.0 Å². The molecule has 1 unspecified atom stereocenters. The molecule has 0 saturated carbocycles. The molecule has 1 heterocycles. The molecule has 0 spiro atoms. The minimum Gasteiger partial charge on any atom is -0.318 e. The second-order valence-electron chi connectivity index (χ2n) is 4.19. The van der Waals surface area contributed by atoms with Crippen molar-refractivity contribution in [2.75, 3.05) is 13.6 Å². The Kier molecular flexibility index (Phi) is 3.94. The van der Waals surface area contributed by atoms with Crippen molar-refractivity contribution in [1.82, 2.24) is 15.1 Å². The fraction of sp³-hybridized carbons (Fsp3) is 0.357. The molecule has 3 nitrogen and oxygen atoms in total. The zero-order valence-corrected chi connectivity index (χ0v) is 10.4. The lowest BCUT2D eigenvalue weighted by molar-refractivity contribution is 0.425. The van der Waals surface area contributed by atoms with Crippen LogP contribution in [0.5, 0.6) is 0 Å². The van der Waals surface area contributed by atoms with Crippen molar-refractivity contribution in [3.05, 3.63) is 42.7 Å². The number of hydrogen-bond acceptors (Lipinski definition) is 2. The molecule has 0 aliphatic heterocycles. The minimum absolute atomic E-state index is 0.428. The van der Waals surface area contributed by atoms with Gasteiger partial charge in [-0.1, -0.05) is 37.3 Å². The van der Waals surface area contributed by atoms with Gasteiger partial charge in [-0.2, -0.15) is 5.10 Å². The van der Waals surface area contributed by atoms with Crippen molar-refractivity contribution in [3.63, 3.8) is 0 Å². The third kappa shape index (κ3) is 2.74. The van der Waals surface area contributed by atoms with Crippen LogP contribution >= 0.6 is 0 Å². The van der Waals surface area contributed by atoms with E-state index in [4.69, 9.17) is 0 Å². The van der Waals surface area contributed by atoms with Crippen molar-refractivity contribution in [2.45, 2.75) is 19.4 Å². The first-order valence-electron chi connectivity index (χ1n) is 6.09. The molecule has 90 valence electrons. The Morgan fingerprint density at radius 2 is 2.00 bits per heavy atom. The monoisotopic (exact) mass is 229 g/mol. The van der Waals surface area contributed by atoms with Crippen LogP contribution < -0.4 is 5.32 Å². The SMILES string of the molecule is CCC(CNC)n1cc(-c2ccccc2)cn1. The van der Waals surface area contributed by atoms with Crippen LogP contribution in [0.2, 0.25) is 0 Å². The largest absolute Gasteiger partial charge is 0.318 e. The van der Waals surface area contributed by atoms with E-state index < -0.39 is 0 Å². The normalized spacial score (nSPS) is 12.6. The molecule has 1 aromatic carbocycles. The fourth-order valence-corrected chi connectivity index (χ4v) is 1.98. The summed E-state index contributed by atoms with van der Waals surface area (Å²) in [6.07, 6.45) is 5.14. The average Bonchev–Trinajstić information content (AvgIpc) is 2.86. The van der Waals surface area contributed by atoms with Crippen molar-refractivity contribution < 1.29 is 0 Å². The number of likely N-dealkylation sites (N-methyl/N-ethyl adjacent to an activating group) is 1. The molecular weight excluding hydrogens is 210 g/mol. The summed E-state index contributed by atoms with van der Waals surface area (Å²) in [6, 6.07) is 10.8. The highest BCUT2D eigenvalue weighted by atomic mass is 15.3. The van der Waals surface area contributed by atoms with Gasteiger partial charge in [-0.15, -0.1) is 0 Å². The first-order valence-corrected chi connectivity index (χ1v) is 6.09. The molecule has 1 N–H and O–H groups in total. The first-order chi connectivity index (χ1) is 8.35. The maximum Gasteiger partial charge on any atom is 0.0641 e. The molecule has 0 bridgehead atoms. The van der Waals surface area contributed by atoms with Gasteiger partial charge in [0.05, 0.1) is 12.2 Å². The zero-order valence-electron chi connectivity index (χ0n) is 10.4. The molecule has 0 amide bonds. The number of rotatable bonds is 5. The summed E-state index contributed by atoms with van der Waals surface area (Å²) in [7, 11) is 1.98. The van der Waals surface area contributed by atoms with Crippen LogP contribution in [0.4, 0.5) is 0 Å². The molecule has 0 aliphatic rings. The van der Waals surface area contributed by atoms with Crippen LogP contribution in [0.15, 0.2) is 42.7 Å². The number of benzene rings is 1. The van der Waals surface area contributed by atoms with E-state index >= 15 is 0 Å². The molecule has 2 rings (SSSR count). The molecule has 17 heavy (non-hydrogen) atoms. The van der Waals surface area contributed by atoms with Crippen LogP contribution in [0.3, 0.4) is 0 Å². The maximum atomic E-state index is 4.46. The molecular formula is C14H19N3. The first kappa shape index (κ1) is 11.9. The molecule has 0 saturated heterocycles. The van der Waals surface area contributed by atoms with Gasteiger partial charge in [0, 0.05) is 18.3 Å².